The molecular weight excluding hydrogens is 240 g/mol. The zero-order valence-electron chi connectivity index (χ0n) is 12.0. The predicted molar refractivity (Wildman–Crippen MR) is 75.8 cm³/mol. The highest BCUT2D eigenvalue weighted by molar-refractivity contribution is 5.97. The number of nitrogens with zero attached hydrogens (tertiary/aromatic N) is 2. The topological polar surface area (TPSA) is 32.8 Å². The quantitative estimate of drug-likeness (QED) is 0.830. The number of methoxy groups -OCH3 is 1. The molecule has 104 valence electrons. The lowest BCUT2D eigenvalue weighted by Crippen LogP contribution is -2.47. The van der Waals surface area contributed by atoms with Crippen LogP contribution >= 0.6 is 0 Å². The van der Waals surface area contributed by atoms with Crippen LogP contribution in [0, 0.1) is 0 Å². The molecule has 4 nitrogen and oxygen atoms in total. The standard InChI is InChI=1S/C15H22N2O2/c1-4-12-5-6-14(19-3)13(11-12)15(18)17-9-7-16(2)8-10-17/h5-6,11H,4,7-10H2,1-3H3. The molecule has 1 aliphatic heterocycles. The molecule has 0 bridgehead atoms. The lowest BCUT2D eigenvalue weighted by molar-refractivity contribution is 0.0660. The van der Waals surface area contributed by atoms with Crippen molar-refractivity contribution in [3.05, 3.63) is 29.3 Å². The molecule has 0 atom stereocenters. The molecule has 0 spiro atoms. The Bertz CT molecular complexity index is 451. The van der Waals surface area contributed by atoms with Crippen molar-refractivity contribution < 1.29 is 9.53 Å². The zero-order chi connectivity index (χ0) is 13.8. The fourth-order valence-electron chi connectivity index (χ4n) is 2.32. The Labute approximate surface area is 115 Å². The summed E-state index contributed by atoms with van der Waals surface area (Å²) in [6.07, 6.45) is 0.924. The summed E-state index contributed by atoms with van der Waals surface area (Å²) in [5, 5.41) is 0. The van der Waals surface area contributed by atoms with Crippen LogP contribution in [0.3, 0.4) is 0 Å². The number of hydrogen-bond donors (Lipinski definition) is 0. The van der Waals surface area contributed by atoms with Gasteiger partial charge in [-0.25, -0.2) is 0 Å². The van der Waals surface area contributed by atoms with Gasteiger partial charge in [-0.15, -0.1) is 0 Å². The second-order valence-corrected chi connectivity index (χ2v) is 4.98. The summed E-state index contributed by atoms with van der Waals surface area (Å²) in [6, 6.07) is 5.86. The first kappa shape index (κ1) is 13.9. The summed E-state index contributed by atoms with van der Waals surface area (Å²) in [5.41, 5.74) is 1.85. The Morgan fingerprint density at radius 1 is 1.26 bits per heavy atom. The van der Waals surface area contributed by atoms with E-state index in [4.69, 9.17) is 4.74 Å². The van der Waals surface area contributed by atoms with Crippen LogP contribution in [0.1, 0.15) is 22.8 Å². The molecule has 1 aliphatic rings. The van der Waals surface area contributed by atoms with Crippen LogP contribution in [-0.2, 0) is 6.42 Å². The fraction of sp³-hybridized carbons (Fsp3) is 0.533. The fourth-order valence-corrected chi connectivity index (χ4v) is 2.32. The van der Waals surface area contributed by atoms with Crippen molar-refractivity contribution in [1.29, 1.82) is 0 Å². The number of piperazine rings is 1. The van der Waals surface area contributed by atoms with E-state index in [9.17, 15) is 4.79 Å². The summed E-state index contributed by atoms with van der Waals surface area (Å²) in [6.45, 7) is 5.53. The van der Waals surface area contributed by atoms with Crippen LogP contribution in [0.4, 0.5) is 0 Å². The number of likely N-dealkylation sites (N-methyl/N-ethyl adjacent to an activating group) is 1. The number of hydrogen-bond acceptors (Lipinski definition) is 3. The number of carbonyl (C=O) groups is 1. The minimum Gasteiger partial charge on any atom is -0.496 e. The van der Waals surface area contributed by atoms with Gasteiger partial charge in [0, 0.05) is 26.2 Å². The maximum atomic E-state index is 12.6. The molecule has 0 N–H and O–H groups in total. The average molecular weight is 262 g/mol. The summed E-state index contributed by atoms with van der Waals surface area (Å²) < 4.78 is 5.32. The third-order valence-electron chi connectivity index (χ3n) is 3.69. The van der Waals surface area contributed by atoms with Gasteiger partial charge in [-0.2, -0.15) is 0 Å². The number of benzene rings is 1. The second-order valence-electron chi connectivity index (χ2n) is 4.98. The van der Waals surface area contributed by atoms with Crippen LogP contribution in [0.25, 0.3) is 0 Å². The van der Waals surface area contributed by atoms with Crippen LogP contribution in [-0.4, -0.2) is 56.0 Å². The monoisotopic (exact) mass is 262 g/mol. The summed E-state index contributed by atoms with van der Waals surface area (Å²) in [4.78, 5) is 16.7. The minimum absolute atomic E-state index is 0.0836. The van der Waals surface area contributed by atoms with E-state index in [-0.39, 0.29) is 5.91 Å². The van der Waals surface area contributed by atoms with Crippen molar-refractivity contribution in [2.45, 2.75) is 13.3 Å². The van der Waals surface area contributed by atoms with Crippen LogP contribution in [0.2, 0.25) is 0 Å². The second kappa shape index (κ2) is 6.06. The van der Waals surface area contributed by atoms with Gasteiger partial charge in [-0.1, -0.05) is 13.0 Å². The lowest BCUT2D eigenvalue weighted by Gasteiger charge is -2.32. The van der Waals surface area contributed by atoms with E-state index in [2.05, 4.69) is 18.9 Å². The van der Waals surface area contributed by atoms with Crippen LogP contribution in [0.15, 0.2) is 18.2 Å². The van der Waals surface area contributed by atoms with E-state index >= 15 is 0 Å². The Morgan fingerprint density at radius 2 is 1.95 bits per heavy atom. The van der Waals surface area contributed by atoms with E-state index in [1.54, 1.807) is 7.11 Å². The van der Waals surface area contributed by atoms with Crippen molar-refractivity contribution in [1.82, 2.24) is 9.80 Å². The molecule has 0 unspecified atom stereocenters. The third-order valence-corrected chi connectivity index (χ3v) is 3.69. The lowest BCUT2D eigenvalue weighted by atomic mass is 10.1. The molecule has 1 saturated heterocycles. The first-order valence-electron chi connectivity index (χ1n) is 6.80. The highest BCUT2D eigenvalue weighted by Gasteiger charge is 2.23. The van der Waals surface area contributed by atoms with Gasteiger partial charge in [0.15, 0.2) is 0 Å². The predicted octanol–water partition coefficient (Wildman–Crippen LogP) is 1.65. The Morgan fingerprint density at radius 3 is 2.53 bits per heavy atom. The molecular formula is C15H22N2O2. The first-order valence-corrected chi connectivity index (χ1v) is 6.80. The maximum Gasteiger partial charge on any atom is 0.257 e. The van der Waals surface area contributed by atoms with Gasteiger partial charge in [-0.3, -0.25) is 4.79 Å². The van der Waals surface area contributed by atoms with Gasteiger partial charge in [0.1, 0.15) is 5.75 Å². The van der Waals surface area contributed by atoms with Gasteiger partial charge >= 0.3 is 0 Å². The molecule has 1 fully saturated rings. The van der Waals surface area contributed by atoms with Crippen LogP contribution < -0.4 is 4.74 Å². The van der Waals surface area contributed by atoms with Gasteiger partial charge < -0.3 is 14.5 Å². The van der Waals surface area contributed by atoms with Crippen molar-refractivity contribution in [2.24, 2.45) is 0 Å². The van der Waals surface area contributed by atoms with Crippen molar-refractivity contribution in [3.8, 4) is 5.75 Å². The molecule has 0 aliphatic carbocycles. The molecule has 0 saturated carbocycles. The van der Waals surface area contributed by atoms with E-state index in [0.717, 1.165) is 32.6 Å². The number of aryl methyl sites for hydroxylation is 1. The third kappa shape index (κ3) is 3.07. The molecule has 0 radical (unpaired) electrons. The first-order chi connectivity index (χ1) is 9.15. The molecule has 4 heteroatoms. The molecule has 0 aromatic heterocycles. The smallest absolute Gasteiger partial charge is 0.257 e. The summed E-state index contributed by atoms with van der Waals surface area (Å²) in [7, 11) is 3.70. The van der Waals surface area contributed by atoms with Crippen molar-refractivity contribution >= 4 is 5.91 Å². The summed E-state index contributed by atoms with van der Waals surface area (Å²) >= 11 is 0. The minimum atomic E-state index is 0.0836. The highest BCUT2D eigenvalue weighted by atomic mass is 16.5. The molecule has 1 heterocycles. The number of rotatable bonds is 3. The largest absolute Gasteiger partial charge is 0.496 e. The molecule has 1 amide bonds. The molecule has 19 heavy (non-hydrogen) atoms. The van der Waals surface area contributed by atoms with Gasteiger partial charge in [-0.05, 0) is 31.2 Å². The van der Waals surface area contributed by atoms with Crippen LogP contribution in [0.5, 0.6) is 5.75 Å². The van der Waals surface area contributed by atoms with Gasteiger partial charge in [0.25, 0.3) is 5.91 Å². The maximum absolute atomic E-state index is 12.6. The van der Waals surface area contributed by atoms with E-state index < -0.39 is 0 Å². The number of amides is 1. The average Bonchev–Trinajstić information content (AvgIpc) is 2.46. The Hall–Kier alpha value is -1.55. The molecule has 1 aromatic carbocycles. The van der Waals surface area contributed by atoms with E-state index in [1.165, 1.54) is 5.56 Å². The SMILES string of the molecule is CCc1ccc(OC)c(C(=O)N2CCN(C)CC2)c1. The van der Waals surface area contributed by atoms with Gasteiger partial charge in [0.2, 0.25) is 0 Å². The number of carbonyl (C=O) groups excluding carboxylic acids is 1. The highest BCUT2D eigenvalue weighted by Crippen LogP contribution is 2.22. The Balaban J connectivity index is 2.22. The zero-order valence-corrected chi connectivity index (χ0v) is 12.0. The normalized spacial score (nSPS) is 16.5. The molecule has 2 rings (SSSR count). The molecule has 1 aromatic rings. The Kier molecular flexibility index (Phi) is 4.43. The van der Waals surface area contributed by atoms with Crippen molar-refractivity contribution in [2.75, 3.05) is 40.3 Å². The van der Waals surface area contributed by atoms with E-state index in [1.807, 2.05) is 23.1 Å². The number of ether oxygens (including phenoxy) is 1. The van der Waals surface area contributed by atoms with Crippen molar-refractivity contribution in [3.63, 3.8) is 0 Å². The van der Waals surface area contributed by atoms with Gasteiger partial charge in [0.05, 0.1) is 12.7 Å². The van der Waals surface area contributed by atoms with E-state index in [0.29, 0.717) is 11.3 Å². The summed E-state index contributed by atoms with van der Waals surface area (Å²) in [5.74, 6) is 0.751.